The lowest BCUT2D eigenvalue weighted by Crippen LogP contribution is -2.27. The van der Waals surface area contributed by atoms with E-state index in [1.165, 1.54) is 12.1 Å². The minimum atomic E-state index is -0.502. The predicted molar refractivity (Wildman–Crippen MR) is 116 cm³/mol. The third kappa shape index (κ3) is 3.51. The van der Waals surface area contributed by atoms with Gasteiger partial charge in [0.1, 0.15) is 11.5 Å². The molecule has 3 heterocycles. The standard InChI is InChI=1S/C22H16ClFN6O/c1-11(13-2-3-16(24)15(23)8-13)26-22(31)21-27-18-9-14-17(10-19(18)28-21)29-30-20(14)12-4-6-25-7-5-12/h2-11H,1H3,(H,26,31)(H,27,28)(H,29,30). The molecule has 5 aromatic rings. The van der Waals surface area contributed by atoms with E-state index in [0.717, 1.165) is 22.2 Å². The van der Waals surface area contributed by atoms with Crippen molar-refractivity contribution < 1.29 is 9.18 Å². The van der Waals surface area contributed by atoms with Gasteiger partial charge in [-0.15, -0.1) is 0 Å². The molecule has 154 valence electrons. The molecule has 0 radical (unpaired) electrons. The lowest BCUT2D eigenvalue weighted by atomic mass is 10.1. The van der Waals surface area contributed by atoms with Crippen molar-refractivity contribution in [2.24, 2.45) is 0 Å². The second kappa shape index (κ2) is 7.48. The van der Waals surface area contributed by atoms with Crippen LogP contribution in [-0.2, 0) is 0 Å². The number of hydrogen-bond acceptors (Lipinski definition) is 4. The van der Waals surface area contributed by atoms with Gasteiger partial charge in [-0.3, -0.25) is 14.9 Å². The van der Waals surface area contributed by atoms with E-state index in [1.807, 2.05) is 24.3 Å². The van der Waals surface area contributed by atoms with Crippen LogP contribution in [0.25, 0.3) is 33.2 Å². The van der Waals surface area contributed by atoms with E-state index < -0.39 is 5.82 Å². The summed E-state index contributed by atoms with van der Waals surface area (Å²) in [6.45, 7) is 1.79. The predicted octanol–water partition coefficient (Wildman–Crippen LogP) is 4.78. The third-order valence-electron chi connectivity index (χ3n) is 5.12. The van der Waals surface area contributed by atoms with Gasteiger partial charge in [0.15, 0.2) is 5.82 Å². The molecule has 1 unspecified atom stereocenters. The van der Waals surface area contributed by atoms with E-state index in [4.69, 9.17) is 11.6 Å². The van der Waals surface area contributed by atoms with Crippen LogP contribution < -0.4 is 5.32 Å². The van der Waals surface area contributed by atoms with Gasteiger partial charge in [-0.1, -0.05) is 17.7 Å². The summed E-state index contributed by atoms with van der Waals surface area (Å²) < 4.78 is 13.4. The monoisotopic (exact) mass is 434 g/mol. The molecular formula is C22H16ClFN6O. The average molecular weight is 435 g/mol. The number of amides is 1. The molecular weight excluding hydrogens is 419 g/mol. The minimum Gasteiger partial charge on any atom is -0.343 e. The maximum Gasteiger partial charge on any atom is 0.287 e. The number of carbonyl (C=O) groups is 1. The van der Waals surface area contributed by atoms with Gasteiger partial charge in [0, 0.05) is 23.3 Å². The van der Waals surface area contributed by atoms with Gasteiger partial charge >= 0.3 is 0 Å². The first kappa shape index (κ1) is 19.2. The van der Waals surface area contributed by atoms with Crippen LogP contribution in [0.3, 0.4) is 0 Å². The Morgan fingerprint density at radius 1 is 1.13 bits per heavy atom. The van der Waals surface area contributed by atoms with Crippen LogP contribution in [0.4, 0.5) is 4.39 Å². The van der Waals surface area contributed by atoms with E-state index in [1.54, 1.807) is 25.4 Å². The van der Waals surface area contributed by atoms with Crippen LogP contribution >= 0.6 is 11.6 Å². The molecule has 0 aliphatic heterocycles. The molecule has 9 heteroatoms. The summed E-state index contributed by atoms with van der Waals surface area (Å²) in [5.74, 6) is -0.695. The maximum absolute atomic E-state index is 13.4. The number of nitrogens with zero attached hydrogens (tertiary/aromatic N) is 3. The van der Waals surface area contributed by atoms with E-state index in [9.17, 15) is 9.18 Å². The number of aromatic amines is 2. The van der Waals surface area contributed by atoms with E-state index in [0.29, 0.717) is 16.6 Å². The van der Waals surface area contributed by atoms with Crippen molar-refractivity contribution in [3.8, 4) is 11.3 Å². The normalized spacial score (nSPS) is 12.4. The van der Waals surface area contributed by atoms with Crippen LogP contribution in [-0.4, -0.2) is 31.1 Å². The third-order valence-corrected chi connectivity index (χ3v) is 5.41. The summed E-state index contributed by atoms with van der Waals surface area (Å²) in [6, 6.07) is 11.5. The molecule has 1 atom stereocenters. The number of aromatic nitrogens is 5. The average Bonchev–Trinajstić information content (AvgIpc) is 3.38. The van der Waals surface area contributed by atoms with Gasteiger partial charge in [0.05, 0.1) is 27.6 Å². The number of benzene rings is 2. The zero-order valence-electron chi connectivity index (χ0n) is 16.3. The molecule has 0 bridgehead atoms. The SMILES string of the molecule is CC(NC(=O)c1nc2cc3c(-c4ccncc4)n[nH]c3cc2[nH]1)c1ccc(F)c(Cl)c1. The first-order chi connectivity index (χ1) is 15.0. The molecule has 0 saturated heterocycles. The molecule has 0 spiro atoms. The highest BCUT2D eigenvalue weighted by Crippen LogP contribution is 2.29. The Morgan fingerprint density at radius 3 is 2.71 bits per heavy atom. The molecule has 5 rings (SSSR count). The maximum atomic E-state index is 13.4. The zero-order valence-corrected chi connectivity index (χ0v) is 17.0. The molecule has 0 aliphatic rings. The quantitative estimate of drug-likeness (QED) is 0.379. The highest BCUT2D eigenvalue weighted by Gasteiger charge is 2.18. The Morgan fingerprint density at radius 2 is 1.94 bits per heavy atom. The second-order valence-electron chi connectivity index (χ2n) is 7.18. The van der Waals surface area contributed by atoms with Gasteiger partial charge in [0.2, 0.25) is 0 Å². The van der Waals surface area contributed by atoms with Gasteiger partial charge in [-0.05, 0) is 48.9 Å². The van der Waals surface area contributed by atoms with Crippen molar-refractivity contribution in [3.05, 3.63) is 77.1 Å². The van der Waals surface area contributed by atoms with Gasteiger partial charge in [0.25, 0.3) is 5.91 Å². The van der Waals surface area contributed by atoms with Crippen molar-refractivity contribution in [3.63, 3.8) is 0 Å². The molecule has 31 heavy (non-hydrogen) atoms. The van der Waals surface area contributed by atoms with Crippen molar-refractivity contribution in [2.75, 3.05) is 0 Å². The Balaban J connectivity index is 1.45. The topological polar surface area (TPSA) is 99.3 Å². The summed E-state index contributed by atoms with van der Waals surface area (Å²) in [5.41, 5.74) is 4.59. The summed E-state index contributed by atoms with van der Waals surface area (Å²) >= 11 is 5.84. The number of H-pyrrole nitrogens is 2. The van der Waals surface area contributed by atoms with E-state index >= 15 is 0 Å². The van der Waals surface area contributed by atoms with Crippen molar-refractivity contribution in [1.82, 2.24) is 30.5 Å². The lowest BCUT2D eigenvalue weighted by Gasteiger charge is -2.13. The van der Waals surface area contributed by atoms with Crippen LogP contribution in [0.15, 0.2) is 54.9 Å². The van der Waals surface area contributed by atoms with Gasteiger partial charge in [-0.25, -0.2) is 9.37 Å². The summed E-state index contributed by atoms with van der Waals surface area (Å²) in [5, 5.41) is 11.2. The molecule has 2 aromatic carbocycles. The van der Waals surface area contributed by atoms with Gasteiger partial charge < -0.3 is 10.3 Å². The molecule has 0 saturated carbocycles. The largest absolute Gasteiger partial charge is 0.343 e. The summed E-state index contributed by atoms with van der Waals surface area (Å²) in [6.07, 6.45) is 3.42. The Hall–Kier alpha value is -3.78. The number of nitrogens with one attached hydrogen (secondary N) is 3. The highest BCUT2D eigenvalue weighted by atomic mass is 35.5. The van der Waals surface area contributed by atoms with Crippen LogP contribution in [0.5, 0.6) is 0 Å². The number of pyridine rings is 1. The number of rotatable bonds is 4. The van der Waals surface area contributed by atoms with Crippen molar-refractivity contribution in [1.29, 1.82) is 0 Å². The Kier molecular flexibility index (Phi) is 4.63. The number of halogens is 2. The number of imidazole rings is 1. The smallest absolute Gasteiger partial charge is 0.287 e. The van der Waals surface area contributed by atoms with Gasteiger partial charge in [-0.2, -0.15) is 5.10 Å². The summed E-state index contributed by atoms with van der Waals surface area (Å²) in [4.78, 5) is 24.3. The molecule has 7 nitrogen and oxygen atoms in total. The molecule has 3 N–H and O–H groups in total. The number of hydrogen-bond donors (Lipinski definition) is 3. The van der Waals surface area contributed by atoms with E-state index in [-0.39, 0.29) is 22.8 Å². The van der Waals surface area contributed by atoms with Crippen LogP contribution in [0.2, 0.25) is 5.02 Å². The summed E-state index contributed by atoms with van der Waals surface area (Å²) in [7, 11) is 0. The van der Waals surface area contributed by atoms with Crippen molar-refractivity contribution >= 4 is 39.4 Å². The Labute approximate surface area is 180 Å². The highest BCUT2D eigenvalue weighted by molar-refractivity contribution is 6.30. The lowest BCUT2D eigenvalue weighted by molar-refractivity contribution is 0.0930. The second-order valence-corrected chi connectivity index (χ2v) is 7.58. The molecule has 0 fully saturated rings. The first-order valence-corrected chi connectivity index (χ1v) is 9.91. The molecule has 3 aromatic heterocycles. The fourth-order valence-electron chi connectivity index (χ4n) is 3.49. The van der Waals surface area contributed by atoms with E-state index in [2.05, 4.69) is 30.5 Å². The Bertz CT molecular complexity index is 1430. The fourth-order valence-corrected chi connectivity index (χ4v) is 3.68. The minimum absolute atomic E-state index is 0.0102. The van der Waals surface area contributed by atoms with Crippen molar-refractivity contribution in [2.45, 2.75) is 13.0 Å². The fraction of sp³-hybridized carbons (Fsp3) is 0.0909. The first-order valence-electron chi connectivity index (χ1n) is 9.53. The van der Waals surface area contributed by atoms with Crippen LogP contribution in [0.1, 0.15) is 29.1 Å². The molecule has 0 aliphatic carbocycles. The number of fused-ring (bicyclic) bond motifs is 2. The number of carbonyl (C=O) groups excluding carboxylic acids is 1. The van der Waals surface area contributed by atoms with Crippen LogP contribution in [0, 0.1) is 5.82 Å². The molecule has 1 amide bonds. The zero-order chi connectivity index (χ0) is 21.5.